The number of halogens is 1. The van der Waals surface area contributed by atoms with Crippen LogP contribution in [0.5, 0.6) is 0 Å². The van der Waals surface area contributed by atoms with Gasteiger partial charge in [0.25, 0.3) is 0 Å². The van der Waals surface area contributed by atoms with Gasteiger partial charge in [-0.2, -0.15) is 0 Å². The Kier molecular flexibility index (Phi) is 2.67. The van der Waals surface area contributed by atoms with Gasteiger partial charge in [0.05, 0.1) is 10.6 Å². The van der Waals surface area contributed by atoms with Crippen LogP contribution in [0.4, 0.5) is 5.82 Å². The van der Waals surface area contributed by atoms with Crippen LogP contribution in [0.1, 0.15) is 5.56 Å². The number of hydrogen-bond donors (Lipinski definition) is 1. The van der Waals surface area contributed by atoms with Crippen LogP contribution >= 0.6 is 11.6 Å². The van der Waals surface area contributed by atoms with Gasteiger partial charge >= 0.3 is 0 Å². The minimum Gasteiger partial charge on any atom is -0.383 e. The first kappa shape index (κ1) is 8.57. The van der Waals surface area contributed by atoms with Crippen molar-refractivity contribution in [3.8, 4) is 11.8 Å². The molecule has 0 atom stereocenters. The van der Waals surface area contributed by atoms with Crippen LogP contribution in [-0.2, 0) is 4.79 Å². The fraction of sp³-hybridized carbons (Fsp3) is 0. The summed E-state index contributed by atoms with van der Waals surface area (Å²) in [5.41, 5.74) is 5.91. The number of aromatic nitrogens is 1. The Morgan fingerprint density at radius 2 is 2.42 bits per heavy atom. The van der Waals surface area contributed by atoms with E-state index in [1.807, 2.05) is 0 Å². The Morgan fingerprint density at radius 3 is 3.08 bits per heavy atom. The van der Waals surface area contributed by atoms with E-state index in [1.54, 1.807) is 6.07 Å². The van der Waals surface area contributed by atoms with Crippen molar-refractivity contribution in [1.82, 2.24) is 4.98 Å². The molecule has 60 valence electrons. The third-order valence-electron chi connectivity index (χ3n) is 1.15. The fourth-order valence-corrected chi connectivity index (χ4v) is 0.815. The van der Waals surface area contributed by atoms with E-state index in [0.29, 0.717) is 16.9 Å². The van der Waals surface area contributed by atoms with Crippen LogP contribution in [0.25, 0.3) is 0 Å². The number of nitrogen functional groups attached to an aromatic ring is 1. The van der Waals surface area contributed by atoms with Gasteiger partial charge in [-0.3, -0.25) is 4.79 Å². The summed E-state index contributed by atoms with van der Waals surface area (Å²) < 4.78 is 0. The summed E-state index contributed by atoms with van der Waals surface area (Å²) in [6.07, 6.45) is 1.91. The normalized spacial score (nSPS) is 8.42. The maximum Gasteiger partial charge on any atom is 0.193 e. The van der Waals surface area contributed by atoms with Gasteiger partial charge < -0.3 is 5.73 Å². The standard InChI is InChI=1S/C8H5ClN2O/c9-7-4-6(2-1-3-12)8(10)11-5-7/h3-5H,(H2,10,11). The Morgan fingerprint density at radius 1 is 1.67 bits per heavy atom. The molecule has 3 nitrogen and oxygen atoms in total. The average molecular weight is 181 g/mol. The highest BCUT2D eigenvalue weighted by atomic mass is 35.5. The second-order valence-corrected chi connectivity index (χ2v) is 2.41. The summed E-state index contributed by atoms with van der Waals surface area (Å²) in [5.74, 6) is 5.01. The molecular formula is C8H5ClN2O. The lowest BCUT2D eigenvalue weighted by Crippen LogP contribution is -1.93. The number of carbonyl (C=O) groups excluding carboxylic acids is 1. The Balaban J connectivity index is 3.13. The topological polar surface area (TPSA) is 56.0 Å². The second kappa shape index (κ2) is 3.74. The predicted octanol–water partition coefficient (Wildman–Crippen LogP) is 0.868. The van der Waals surface area contributed by atoms with Crippen LogP contribution in [0.2, 0.25) is 5.02 Å². The van der Waals surface area contributed by atoms with Crippen LogP contribution in [0.3, 0.4) is 0 Å². The number of rotatable bonds is 0. The third-order valence-corrected chi connectivity index (χ3v) is 1.36. The molecule has 0 spiro atoms. The van der Waals surface area contributed by atoms with Crippen molar-refractivity contribution in [3.63, 3.8) is 0 Å². The molecule has 0 saturated carbocycles. The van der Waals surface area contributed by atoms with E-state index in [9.17, 15) is 4.79 Å². The Hall–Kier alpha value is -1.53. The van der Waals surface area contributed by atoms with E-state index < -0.39 is 0 Å². The first-order chi connectivity index (χ1) is 5.74. The smallest absolute Gasteiger partial charge is 0.193 e. The van der Waals surface area contributed by atoms with Gasteiger partial charge in [-0.15, -0.1) is 0 Å². The van der Waals surface area contributed by atoms with Gasteiger partial charge in [-0.05, 0) is 12.0 Å². The van der Waals surface area contributed by atoms with Crippen LogP contribution in [-0.4, -0.2) is 11.3 Å². The predicted molar refractivity (Wildman–Crippen MR) is 46.6 cm³/mol. The van der Waals surface area contributed by atoms with Crippen molar-refractivity contribution < 1.29 is 4.79 Å². The van der Waals surface area contributed by atoms with Crippen molar-refractivity contribution in [2.75, 3.05) is 5.73 Å². The molecule has 0 aliphatic carbocycles. The van der Waals surface area contributed by atoms with Gasteiger partial charge in [0.1, 0.15) is 5.82 Å². The highest BCUT2D eigenvalue weighted by Gasteiger charge is 1.96. The minimum atomic E-state index is 0.272. The quantitative estimate of drug-likeness (QED) is 0.476. The van der Waals surface area contributed by atoms with Crippen molar-refractivity contribution >= 4 is 23.7 Å². The molecule has 0 aliphatic heterocycles. The molecule has 0 aliphatic rings. The molecule has 1 heterocycles. The van der Waals surface area contributed by atoms with Crippen molar-refractivity contribution in [2.45, 2.75) is 0 Å². The molecule has 0 saturated heterocycles. The molecule has 0 aromatic carbocycles. The first-order valence-electron chi connectivity index (χ1n) is 3.10. The largest absolute Gasteiger partial charge is 0.383 e. The zero-order chi connectivity index (χ0) is 8.97. The third kappa shape index (κ3) is 1.97. The molecule has 0 radical (unpaired) electrons. The zero-order valence-corrected chi connectivity index (χ0v) is 6.80. The first-order valence-corrected chi connectivity index (χ1v) is 3.48. The Bertz CT molecular complexity index is 365. The molecule has 0 fully saturated rings. The lowest BCUT2D eigenvalue weighted by Gasteiger charge is -1.95. The monoisotopic (exact) mass is 180 g/mol. The molecule has 4 heteroatoms. The highest BCUT2D eigenvalue weighted by molar-refractivity contribution is 6.30. The molecule has 0 bridgehead atoms. The highest BCUT2D eigenvalue weighted by Crippen LogP contribution is 2.12. The number of pyridine rings is 1. The summed E-state index contributed by atoms with van der Waals surface area (Å²) >= 11 is 5.62. The van der Waals surface area contributed by atoms with Gasteiger partial charge in [0, 0.05) is 6.20 Å². The average Bonchev–Trinajstić information content (AvgIpc) is 2.07. The van der Waals surface area contributed by atoms with Gasteiger partial charge in [0.15, 0.2) is 6.29 Å². The SMILES string of the molecule is Nc1ncc(Cl)cc1C#CC=O. The number of nitrogens with zero attached hydrogens (tertiary/aromatic N) is 1. The summed E-state index contributed by atoms with van der Waals surface area (Å²) in [5, 5.41) is 0.444. The molecule has 1 aromatic rings. The lowest BCUT2D eigenvalue weighted by molar-refractivity contribution is -0.103. The lowest BCUT2D eigenvalue weighted by atomic mass is 10.2. The van der Waals surface area contributed by atoms with E-state index in [0.717, 1.165) is 0 Å². The summed E-state index contributed by atoms with van der Waals surface area (Å²) in [6.45, 7) is 0. The minimum absolute atomic E-state index is 0.272. The van der Waals surface area contributed by atoms with Crippen molar-refractivity contribution in [1.29, 1.82) is 0 Å². The number of carbonyl (C=O) groups is 1. The maximum absolute atomic E-state index is 9.91. The summed E-state index contributed by atoms with van der Waals surface area (Å²) in [4.78, 5) is 13.7. The fourth-order valence-electron chi connectivity index (χ4n) is 0.657. The van der Waals surface area contributed by atoms with Gasteiger partial charge in [-0.25, -0.2) is 4.98 Å². The summed E-state index contributed by atoms with van der Waals surface area (Å²) in [6, 6.07) is 1.56. The zero-order valence-electron chi connectivity index (χ0n) is 6.04. The van der Waals surface area contributed by atoms with Gasteiger partial charge in [0.2, 0.25) is 0 Å². The number of anilines is 1. The number of aldehydes is 1. The summed E-state index contributed by atoms with van der Waals surface area (Å²) in [7, 11) is 0. The molecule has 2 N–H and O–H groups in total. The molecule has 1 aromatic heterocycles. The van der Waals surface area contributed by atoms with Crippen LogP contribution in [0.15, 0.2) is 12.3 Å². The Labute approximate surface area is 74.5 Å². The van der Waals surface area contributed by atoms with E-state index in [-0.39, 0.29) is 5.82 Å². The van der Waals surface area contributed by atoms with E-state index in [2.05, 4.69) is 16.8 Å². The van der Waals surface area contributed by atoms with E-state index in [4.69, 9.17) is 17.3 Å². The van der Waals surface area contributed by atoms with Crippen molar-refractivity contribution in [2.24, 2.45) is 0 Å². The molecule has 0 unspecified atom stereocenters. The number of nitrogens with two attached hydrogens (primary N) is 1. The van der Waals surface area contributed by atoms with E-state index in [1.165, 1.54) is 6.20 Å². The molecule has 12 heavy (non-hydrogen) atoms. The van der Waals surface area contributed by atoms with Crippen LogP contribution in [0, 0.1) is 11.8 Å². The maximum atomic E-state index is 9.91. The molecule has 0 amide bonds. The number of hydrogen-bond acceptors (Lipinski definition) is 3. The van der Waals surface area contributed by atoms with Crippen molar-refractivity contribution in [3.05, 3.63) is 22.8 Å². The van der Waals surface area contributed by atoms with Crippen LogP contribution < -0.4 is 5.73 Å². The second-order valence-electron chi connectivity index (χ2n) is 1.97. The van der Waals surface area contributed by atoms with E-state index >= 15 is 0 Å². The molecule has 1 rings (SSSR count). The molecular weight excluding hydrogens is 176 g/mol. The van der Waals surface area contributed by atoms with Gasteiger partial charge in [-0.1, -0.05) is 17.5 Å².